The Kier molecular flexibility index (Phi) is 3.92. The highest BCUT2D eigenvalue weighted by Gasteiger charge is 2.27. The number of rotatable bonds is 2. The molecule has 1 amide bonds. The number of anilines is 1. The summed E-state index contributed by atoms with van der Waals surface area (Å²) in [5, 5.41) is 10.1. The molecule has 2 N–H and O–H groups in total. The van der Waals surface area contributed by atoms with Crippen LogP contribution in [0.25, 0.3) is 0 Å². The van der Waals surface area contributed by atoms with Crippen LogP contribution in [-0.4, -0.2) is 58.2 Å². The van der Waals surface area contributed by atoms with Crippen LogP contribution in [0.1, 0.15) is 10.6 Å². The van der Waals surface area contributed by atoms with Gasteiger partial charge in [-0.1, -0.05) is 0 Å². The quantitative estimate of drug-likeness (QED) is 0.789. The van der Waals surface area contributed by atoms with Crippen LogP contribution in [0.15, 0.2) is 40.0 Å². The fourth-order valence-corrected chi connectivity index (χ4v) is 2.47. The van der Waals surface area contributed by atoms with E-state index >= 15 is 0 Å². The van der Waals surface area contributed by atoms with Gasteiger partial charge in [0.15, 0.2) is 5.76 Å². The Morgan fingerprint density at radius 1 is 1.41 bits per heavy atom. The Bertz CT molecular complexity index is 697. The van der Waals surface area contributed by atoms with Gasteiger partial charge in [-0.3, -0.25) is 9.59 Å². The summed E-state index contributed by atoms with van der Waals surface area (Å²) in [5.74, 6) is 0.467. The van der Waals surface area contributed by atoms with Gasteiger partial charge in [0.05, 0.1) is 18.7 Å². The highest BCUT2D eigenvalue weighted by atomic mass is 16.3. The molecule has 22 heavy (non-hydrogen) atoms. The van der Waals surface area contributed by atoms with E-state index in [1.54, 1.807) is 17.0 Å². The molecule has 0 unspecified atom stereocenters. The van der Waals surface area contributed by atoms with Gasteiger partial charge in [-0.15, -0.1) is 0 Å². The summed E-state index contributed by atoms with van der Waals surface area (Å²) in [6.07, 6.45) is 2.02. The number of amides is 1. The van der Waals surface area contributed by atoms with E-state index in [1.807, 2.05) is 0 Å². The number of aromatic nitrogens is 2. The molecule has 1 saturated heterocycles. The van der Waals surface area contributed by atoms with Gasteiger partial charge in [0.2, 0.25) is 0 Å². The molecule has 3 rings (SSSR count). The molecule has 8 heteroatoms. The first-order valence-electron chi connectivity index (χ1n) is 6.94. The summed E-state index contributed by atoms with van der Waals surface area (Å²) in [7, 11) is 0. The first-order valence-corrected chi connectivity index (χ1v) is 6.94. The normalized spacial score (nSPS) is 19.0. The molecule has 3 heterocycles. The molecule has 2 aromatic rings. The maximum atomic E-state index is 12.3. The zero-order valence-electron chi connectivity index (χ0n) is 11.8. The van der Waals surface area contributed by atoms with Crippen molar-refractivity contribution in [2.24, 2.45) is 0 Å². The molecule has 1 atom stereocenters. The summed E-state index contributed by atoms with van der Waals surface area (Å²) in [4.78, 5) is 33.5. The highest BCUT2D eigenvalue weighted by Crippen LogP contribution is 2.14. The molecule has 0 bridgehead atoms. The van der Waals surface area contributed by atoms with Crippen molar-refractivity contribution in [2.45, 2.75) is 6.10 Å². The van der Waals surface area contributed by atoms with Gasteiger partial charge in [-0.2, -0.15) is 0 Å². The molecule has 1 aliphatic rings. The molecule has 0 aliphatic carbocycles. The number of H-pyrrole nitrogens is 1. The van der Waals surface area contributed by atoms with Crippen LogP contribution in [0.5, 0.6) is 0 Å². The van der Waals surface area contributed by atoms with Crippen molar-refractivity contribution in [3.05, 3.63) is 46.9 Å². The van der Waals surface area contributed by atoms with E-state index in [2.05, 4.69) is 9.97 Å². The fourth-order valence-electron chi connectivity index (χ4n) is 2.47. The number of carbonyl (C=O) groups excluding carboxylic acids is 1. The van der Waals surface area contributed by atoms with E-state index in [0.29, 0.717) is 25.5 Å². The minimum absolute atomic E-state index is 0.208. The van der Waals surface area contributed by atoms with Crippen molar-refractivity contribution in [2.75, 3.05) is 31.1 Å². The molecular weight excluding hydrogens is 288 g/mol. The molecule has 116 valence electrons. The van der Waals surface area contributed by atoms with Crippen LogP contribution >= 0.6 is 0 Å². The van der Waals surface area contributed by atoms with Crippen molar-refractivity contribution in [1.82, 2.24) is 14.9 Å². The number of nitrogens with one attached hydrogen (secondary N) is 1. The van der Waals surface area contributed by atoms with Gasteiger partial charge in [0.1, 0.15) is 5.82 Å². The fraction of sp³-hybridized carbons (Fsp3) is 0.357. The smallest absolute Gasteiger partial charge is 0.289 e. The minimum atomic E-state index is -0.734. The minimum Gasteiger partial charge on any atom is -0.459 e. The molecule has 1 aliphatic heterocycles. The number of β-amino-alcohol motifs (C(OH)–C–C–N with tert-alkyl or cyclic N) is 1. The summed E-state index contributed by atoms with van der Waals surface area (Å²) >= 11 is 0. The van der Waals surface area contributed by atoms with E-state index in [1.165, 1.54) is 23.6 Å². The molecule has 2 aromatic heterocycles. The number of hydrogen-bond donors (Lipinski definition) is 2. The molecule has 0 aromatic carbocycles. The standard InChI is InChI=1S/C14H16N4O4/c19-10-7-17(12-6-13(20)16-9-15-12)3-4-18(8-10)14(21)11-2-1-5-22-11/h1-2,5-6,9-10,19H,3-4,7-8H2,(H,15,16,20)/t10-/m0/s1. The van der Waals surface area contributed by atoms with Crippen LogP contribution in [0, 0.1) is 0 Å². The third kappa shape index (κ3) is 3.01. The van der Waals surface area contributed by atoms with Crippen LogP contribution in [-0.2, 0) is 0 Å². The average molecular weight is 304 g/mol. The van der Waals surface area contributed by atoms with Crippen molar-refractivity contribution < 1.29 is 14.3 Å². The second kappa shape index (κ2) is 6.02. The van der Waals surface area contributed by atoms with Crippen molar-refractivity contribution in [3.8, 4) is 0 Å². The Labute approximate surface area is 126 Å². The molecular formula is C14H16N4O4. The number of carbonyl (C=O) groups is 1. The van der Waals surface area contributed by atoms with Crippen molar-refractivity contribution >= 4 is 11.7 Å². The zero-order chi connectivity index (χ0) is 15.5. The van der Waals surface area contributed by atoms with Gasteiger partial charge in [0.25, 0.3) is 11.5 Å². The van der Waals surface area contributed by atoms with Crippen molar-refractivity contribution in [3.63, 3.8) is 0 Å². The van der Waals surface area contributed by atoms with E-state index in [0.717, 1.165) is 0 Å². The average Bonchev–Trinajstić information content (AvgIpc) is 2.96. The highest BCUT2D eigenvalue weighted by molar-refractivity contribution is 5.91. The van der Waals surface area contributed by atoms with E-state index in [4.69, 9.17) is 4.42 Å². The number of aliphatic hydroxyl groups is 1. The Balaban J connectivity index is 1.75. The molecule has 0 spiro atoms. The van der Waals surface area contributed by atoms with Gasteiger partial charge in [-0.05, 0) is 12.1 Å². The lowest BCUT2D eigenvalue weighted by Gasteiger charge is -2.22. The lowest BCUT2D eigenvalue weighted by molar-refractivity contribution is 0.0643. The number of furan rings is 1. The Morgan fingerprint density at radius 3 is 3.00 bits per heavy atom. The number of hydrogen-bond acceptors (Lipinski definition) is 6. The maximum absolute atomic E-state index is 12.3. The lowest BCUT2D eigenvalue weighted by Crippen LogP contribution is -2.37. The monoisotopic (exact) mass is 304 g/mol. The van der Waals surface area contributed by atoms with E-state index < -0.39 is 6.10 Å². The second-order valence-electron chi connectivity index (χ2n) is 5.10. The summed E-state index contributed by atoms with van der Waals surface area (Å²) < 4.78 is 5.11. The van der Waals surface area contributed by atoms with Crippen LogP contribution in [0.3, 0.4) is 0 Å². The first-order chi connectivity index (χ1) is 10.6. The lowest BCUT2D eigenvalue weighted by atomic mass is 10.3. The molecule has 1 fully saturated rings. The van der Waals surface area contributed by atoms with E-state index in [9.17, 15) is 14.7 Å². The molecule has 0 radical (unpaired) electrons. The van der Waals surface area contributed by atoms with Gasteiger partial charge in [0, 0.05) is 32.2 Å². The third-order valence-corrected chi connectivity index (χ3v) is 3.51. The molecule has 8 nitrogen and oxygen atoms in total. The van der Waals surface area contributed by atoms with Crippen LogP contribution in [0.4, 0.5) is 5.82 Å². The largest absolute Gasteiger partial charge is 0.459 e. The van der Waals surface area contributed by atoms with Crippen LogP contribution in [0.2, 0.25) is 0 Å². The summed E-state index contributed by atoms with van der Waals surface area (Å²) in [5.41, 5.74) is -0.257. The first kappa shape index (κ1) is 14.3. The number of nitrogens with zero attached hydrogens (tertiary/aromatic N) is 3. The number of aromatic amines is 1. The topological polar surface area (TPSA) is 103 Å². The Morgan fingerprint density at radius 2 is 2.27 bits per heavy atom. The number of aliphatic hydroxyl groups excluding tert-OH is 1. The predicted octanol–water partition coefficient (Wildman–Crippen LogP) is -0.314. The SMILES string of the molecule is O=C(c1ccco1)N1CCN(c2cc(=O)[nH]cn2)C[C@H](O)C1. The summed E-state index contributed by atoms with van der Waals surface area (Å²) in [6, 6.07) is 4.61. The zero-order valence-corrected chi connectivity index (χ0v) is 11.8. The third-order valence-electron chi connectivity index (χ3n) is 3.51. The van der Waals surface area contributed by atoms with Gasteiger partial charge < -0.3 is 24.3 Å². The van der Waals surface area contributed by atoms with Crippen LogP contribution < -0.4 is 10.5 Å². The Hall–Kier alpha value is -2.61. The maximum Gasteiger partial charge on any atom is 0.289 e. The second-order valence-corrected chi connectivity index (χ2v) is 5.10. The van der Waals surface area contributed by atoms with Gasteiger partial charge >= 0.3 is 0 Å². The molecule has 0 saturated carbocycles. The summed E-state index contributed by atoms with van der Waals surface area (Å²) in [6.45, 7) is 1.39. The van der Waals surface area contributed by atoms with E-state index in [-0.39, 0.29) is 23.8 Å². The predicted molar refractivity (Wildman–Crippen MR) is 77.7 cm³/mol. The van der Waals surface area contributed by atoms with Gasteiger partial charge in [-0.25, -0.2) is 4.98 Å². The van der Waals surface area contributed by atoms with Crippen molar-refractivity contribution in [1.29, 1.82) is 0 Å².